The molecule has 0 amide bonds. The lowest BCUT2D eigenvalue weighted by molar-refractivity contribution is -0.140. The molecule has 0 atom stereocenters. The number of hydrogen-bond acceptors (Lipinski definition) is 3. The molecule has 0 bridgehead atoms. The van der Waals surface area contributed by atoms with Crippen LogP contribution in [0.5, 0.6) is 0 Å². The van der Waals surface area contributed by atoms with E-state index in [2.05, 4.69) is 4.74 Å². The van der Waals surface area contributed by atoms with Crippen LogP contribution in [0.15, 0.2) is 24.3 Å². The van der Waals surface area contributed by atoms with Crippen LogP contribution in [0.2, 0.25) is 0 Å². The fourth-order valence-electron chi connectivity index (χ4n) is 1.76. The molecular weight excluding hydrogens is 270 g/mol. The standard InChI is InChI=1S/C14H14F2O4/c1-20-12(19)8-6-10-4-2-3-9(5-7-11(17)18)13(10)14(15)16/h2-5,7,14H,6,8H2,1H3,(H,17,18)/b7-5+. The van der Waals surface area contributed by atoms with E-state index >= 15 is 0 Å². The molecule has 0 heterocycles. The number of benzene rings is 1. The fraction of sp³-hybridized carbons (Fsp3) is 0.286. The molecule has 0 radical (unpaired) electrons. The van der Waals surface area contributed by atoms with E-state index in [4.69, 9.17) is 5.11 Å². The number of halogens is 2. The normalized spacial score (nSPS) is 11.0. The van der Waals surface area contributed by atoms with Crippen molar-refractivity contribution in [2.24, 2.45) is 0 Å². The Morgan fingerprint density at radius 3 is 2.65 bits per heavy atom. The summed E-state index contributed by atoms with van der Waals surface area (Å²) in [6, 6.07) is 4.44. The summed E-state index contributed by atoms with van der Waals surface area (Å²) in [5, 5.41) is 8.55. The van der Waals surface area contributed by atoms with E-state index in [0.717, 1.165) is 12.2 Å². The highest BCUT2D eigenvalue weighted by molar-refractivity contribution is 5.85. The number of alkyl halides is 2. The van der Waals surface area contributed by atoms with E-state index in [1.165, 1.54) is 19.2 Å². The van der Waals surface area contributed by atoms with Crippen LogP contribution in [0, 0.1) is 0 Å². The van der Waals surface area contributed by atoms with Crippen LogP contribution in [0.3, 0.4) is 0 Å². The number of carbonyl (C=O) groups is 2. The van der Waals surface area contributed by atoms with Gasteiger partial charge in [-0.05, 0) is 23.6 Å². The number of methoxy groups -OCH3 is 1. The maximum Gasteiger partial charge on any atom is 0.328 e. The molecule has 0 saturated carbocycles. The van der Waals surface area contributed by atoms with Gasteiger partial charge in [-0.3, -0.25) is 4.79 Å². The molecule has 4 nitrogen and oxygen atoms in total. The molecule has 0 aliphatic carbocycles. The third-order valence-corrected chi connectivity index (χ3v) is 2.68. The van der Waals surface area contributed by atoms with E-state index in [9.17, 15) is 18.4 Å². The molecule has 0 fully saturated rings. The van der Waals surface area contributed by atoms with Crippen LogP contribution >= 0.6 is 0 Å². The fourth-order valence-corrected chi connectivity index (χ4v) is 1.76. The molecule has 0 aliphatic rings. The molecule has 1 rings (SSSR count). The van der Waals surface area contributed by atoms with Crippen molar-refractivity contribution >= 4 is 18.0 Å². The molecule has 6 heteroatoms. The van der Waals surface area contributed by atoms with Crippen LogP contribution in [0.25, 0.3) is 6.08 Å². The quantitative estimate of drug-likeness (QED) is 0.644. The SMILES string of the molecule is COC(=O)CCc1cccc(/C=C/C(=O)O)c1C(F)F. The molecule has 1 aromatic carbocycles. The molecule has 1 aromatic rings. The highest BCUT2D eigenvalue weighted by Gasteiger charge is 2.17. The molecule has 0 spiro atoms. The van der Waals surface area contributed by atoms with Gasteiger partial charge in [-0.15, -0.1) is 0 Å². The van der Waals surface area contributed by atoms with Crippen molar-refractivity contribution in [1.82, 2.24) is 0 Å². The predicted octanol–water partition coefficient (Wildman–Crippen LogP) is 2.83. The van der Waals surface area contributed by atoms with Crippen LogP contribution in [-0.4, -0.2) is 24.2 Å². The Labute approximate surface area is 114 Å². The number of hydrogen-bond donors (Lipinski definition) is 1. The van der Waals surface area contributed by atoms with Crippen molar-refractivity contribution in [3.8, 4) is 0 Å². The molecule has 0 unspecified atom stereocenters. The lowest BCUT2D eigenvalue weighted by Gasteiger charge is -2.11. The van der Waals surface area contributed by atoms with E-state index in [0.29, 0.717) is 5.56 Å². The first kappa shape index (κ1) is 15.8. The minimum Gasteiger partial charge on any atom is -0.478 e. The van der Waals surface area contributed by atoms with Crippen LogP contribution in [0.1, 0.15) is 29.5 Å². The molecule has 108 valence electrons. The van der Waals surface area contributed by atoms with Gasteiger partial charge in [0.1, 0.15) is 0 Å². The summed E-state index contributed by atoms with van der Waals surface area (Å²) in [6.45, 7) is 0. The van der Waals surface area contributed by atoms with Crippen molar-refractivity contribution in [3.63, 3.8) is 0 Å². The average molecular weight is 284 g/mol. The van der Waals surface area contributed by atoms with Gasteiger partial charge in [0, 0.05) is 18.1 Å². The highest BCUT2D eigenvalue weighted by atomic mass is 19.3. The second kappa shape index (κ2) is 7.37. The summed E-state index contributed by atoms with van der Waals surface area (Å²) in [7, 11) is 1.22. The smallest absolute Gasteiger partial charge is 0.328 e. The molecular formula is C14H14F2O4. The molecule has 0 aromatic heterocycles. The summed E-state index contributed by atoms with van der Waals surface area (Å²) >= 11 is 0. The van der Waals surface area contributed by atoms with Crippen molar-refractivity contribution in [3.05, 3.63) is 41.0 Å². The second-order valence-corrected chi connectivity index (χ2v) is 3.97. The lowest BCUT2D eigenvalue weighted by atomic mass is 9.97. The number of ether oxygens (including phenoxy) is 1. The summed E-state index contributed by atoms with van der Waals surface area (Å²) in [4.78, 5) is 21.5. The van der Waals surface area contributed by atoms with E-state index in [1.807, 2.05) is 0 Å². The molecule has 0 saturated heterocycles. The maximum atomic E-state index is 13.1. The van der Waals surface area contributed by atoms with Gasteiger partial charge in [-0.2, -0.15) is 0 Å². The minimum absolute atomic E-state index is 0.0116. The Hall–Kier alpha value is -2.24. The first-order valence-electron chi connectivity index (χ1n) is 5.83. The zero-order chi connectivity index (χ0) is 15.1. The van der Waals surface area contributed by atoms with Crippen molar-refractivity contribution < 1.29 is 28.2 Å². The van der Waals surface area contributed by atoms with Crippen molar-refractivity contribution in [2.45, 2.75) is 19.3 Å². The van der Waals surface area contributed by atoms with Gasteiger partial charge in [0.15, 0.2) is 0 Å². The molecule has 1 N–H and O–H groups in total. The number of carbonyl (C=O) groups excluding carboxylic acids is 1. The van der Waals surface area contributed by atoms with Gasteiger partial charge in [0.2, 0.25) is 0 Å². The number of aryl methyl sites for hydroxylation is 1. The zero-order valence-electron chi connectivity index (χ0n) is 10.8. The second-order valence-electron chi connectivity index (χ2n) is 3.97. The highest BCUT2D eigenvalue weighted by Crippen LogP contribution is 2.28. The predicted molar refractivity (Wildman–Crippen MR) is 68.4 cm³/mol. The van der Waals surface area contributed by atoms with Crippen LogP contribution in [0.4, 0.5) is 8.78 Å². The summed E-state index contributed by atoms with van der Waals surface area (Å²) < 4.78 is 30.7. The topological polar surface area (TPSA) is 63.6 Å². The maximum absolute atomic E-state index is 13.1. The van der Waals surface area contributed by atoms with Gasteiger partial charge in [-0.1, -0.05) is 18.2 Å². The number of aliphatic carboxylic acids is 1. The van der Waals surface area contributed by atoms with Gasteiger partial charge < -0.3 is 9.84 Å². The Morgan fingerprint density at radius 1 is 1.40 bits per heavy atom. The number of carboxylic acid groups (broad SMARTS) is 1. The van der Waals surface area contributed by atoms with E-state index in [-0.39, 0.29) is 24.0 Å². The summed E-state index contributed by atoms with van der Waals surface area (Å²) in [6.07, 6.45) is -0.738. The summed E-state index contributed by atoms with van der Waals surface area (Å²) in [5.41, 5.74) is 0.177. The third-order valence-electron chi connectivity index (χ3n) is 2.68. The third kappa shape index (κ3) is 4.46. The Kier molecular flexibility index (Phi) is 5.83. The van der Waals surface area contributed by atoms with Crippen molar-refractivity contribution in [2.75, 3.05) is 7.11 Å². The zero-order valence-corrected chi connectivity index (χ0v) is 10.8. The van der Waals surface area contributed by atoms with Crippen LogP contribution in [-0.2, 0) is 20.7 Å². The van der Waals surface area contributed by atoms with E-state index < -0.39 is 18.4 Å². The van der Waals surface area contributed by atoms with Gasteiger partial charge in [0.05, 0.1) is 7.11 Å². The monoisotopic (exact) mass is 284 g/mol. The minimum atomic E-state index is -2.75. The number of rotatable bonds is 6. The number of carboxylic acids is 1. The van der Waals surface area contributed by atoms with E-state index in [1.54, 1.807) is 6.07 Å². The Balaban J connectivity index is 3.08. The summed E-state index contributed by atoms with van der Waals surface area (Å²) in [5.74, 6) is -1.71. The average Bonchev–Trinajstić information content (AvgIpc) is 2.41. The first-order valence-corrected chi connectivity index (χ1v) is 5.83. The largest absolute Gasteiger partial charge is 0.478 e. The van der Waals surface area contributed by atoms with Gasteiger partial charge in [-0.25, -0.2) is 13.6 Å². The first-order chi connectivity index (χ1) is 9.45. The van der Waals surface area contributed by atoms with Gasteiger partial charge >= 0.3 is 11.9 Å². The van der Waals surface area contributed by atoms with Crippen LogP contribution < -0.4 is 0 Å². The Morgan fingerprint density at radius 2 is 2.10 bits per heavy atom. The Bertz CT molecular complexity index is 524. The lowest BCUT2D eigenvalue weighted by Crippen LogP contribution is -2.05. The number of esters is 1. The van der Waals surface area contributed by atoms with Gasteiger partial charge in [0.25, 0.3) is 6.43 Å². The molecule has 20 heavy (non-hydrogen) atoms. The van der Waals surface area contributed by atoms with Crippen molar-refractivity contribution in [1.29, 1.82) is 0 Å². The molecule has 0 aliphatic heterocycles.